The average molecular weight is 316 g/mol. The van der Waals surface area contributed by atoms with Crippen LogP contribution in [0.1, 0.15) is 45.6 Å². The van der Waals surface area contributed by atoms with Gasteiger partial charge in [0.2, 0.25) is 0 Å². The fraction of sp³-hybridized carbons (Fsp3) is 0.632. The molecule has 0 aromatic heterocycles. The number of rotatable bonds is 2. The van der Waals surface area contributed by atoms with Crippen LogP contribution in [0.15, 0.2) is 29.2 Å². The summed E-state index contributed by atoms with van der Waals surface area (Å²) in [6.45, 7) is 7.05. The molecule has 2 nitrogen and oxygen atoms in total. The highest BCUT2D eigenvalue weighted by Gasteiger charge is 2.63. The van der Waals surface area contributed by atoms with Gasteiger partial charge in [0.15, 0.2) is 0 Å². The van der Waals surface area contributed by atoms with Gasteiger partial charge in [-0.15, -0.1) is 11.8 Å². The first-order valence-electron chi connectivity index (χ1n) is 8.37. The first kappa shape index (κ1) is 14.6. The minimum atomic E-state index is -0.0526. The zero-order valence-corrected chi connectivity index (χ0v) is 14.4. The molecule has 2 aliphatic carbocycles. The van der Waals surface area contributed by atoms with Crippen molar-refractivity contribution < 1.29 is 9.53 Å². The summed E-state index contributed by atoms with van der Waals surface area (Å²) in [6, 6.07) is 8.32. The highest BCUT2D eigenvalue weighted by molar-refractivity contribution is 8.01. The van der Waals surface area contributed by atoms with Gasteiger partial charge >= 0.3 is 5.97 Å². The lowest BCUT2D eigenvalue weighted by atomic mass is 9.70. The third-order valence-electron chi connectivity index (χ3n) is 6.88. The predicted molar refractivity (Wildman–Crippen MR) is 88.9 cm³/mol. The van der Waals surface area contributed by atoms with Crippen molar-refractivity contribution in [2.45, 2.75) is 62.7 Å². The minimum absolute atomic E-state index is 0.00391. The molecule has 0 radical (unpaired) electrons. The molecule has 1 aromatic rings. The zero-order valence-electron chi connectivity index (χ0n) is 13.6. The SMILES string of the molecule is CC1(C)[C@@H]2CC[C@@]1(C)C(OC(=O)C1Cc3ccccc3S1)C2. The fourth-order valence-electron chi connectivity index (χ4n) is 4.84. The standard InChI is InChI=1S/C19H24O2S/c1-18(2)13-8-9-19(18,3)16(11-13)21-17(20)15-10-12-6-4-5-7-14(12)22-15/h4-7,13,15-16H,8-11H2,1-3H3/t13-,15?,16?,19+/m1/s1. The summed E-state index contributed by atoms with van der Waals surface area (Å²) in [4.78, 5) is 13.9. The van der Waals surface area contributed by atoms with E-state index in [0.717, 1.165) is 12.8 Å². The van der Waals surface area contributed by atoms with Gasteiger partial charge in [-0.2, -0.15) is 0 Å². The van der Waals surface area contributed by atoms with Crippen molar-refractivity contribution in [1.29, 1.82) is 0 Å². The number of fused-ring (bicyclic) bond motifs is 3. The summed E-state index contributed by atoms with van der Waals surface area (Å²) in [7, 11) is 0. The lowest BCUT2D eigenvalue weighted by molar-refractivity contribution is -0.156. The molecule has 0 amide bonds. The Morgan fingerprint density at radius 2 is 2.05 bits per heavy atom. The normalized spacial score (nSPS) is 38.0. The molecule has 4 rings (SSSR count). The second-order valence-corrected chi connectivity index (χ2v) is 9.20. The third-order valence-corrected chi connectivity index (χ3v) is 8.18. The van der Waals surface area contributed by atoms with Crippen LogP contribution in [0.2, 0.25) is 0 Å². The van der Waals surface area contributed by atoms with Crippen molar-refractivity contribution in [3.8, 4) is 0 Å². The van der Waals surface area contributed by atoms with E-state index in [0.29, 0.717) is 11.3 Å². The predicted octanol–water partition coefficient (Wildman–Crippen LogP) is 4.46. The van der Waals surface area contributed by atoms with Gasteiger partial charge in [0, 0.05) is 10.3 Å². The van der Waals surface area contributed by atoms with Gasteiger partial charge in [-0.3, -0.25) is 4.79 Å². The molecule has 22 heavy (non-hydrogen) atoms. The number of carbonyl (C=O) groups is 1. The van der Waals surface area contributed by atoms with Crippen LogP contribution in [0, 0.1) is 16.7 Å². The molecular weight excluding hydrogens is 292 g/mol. The lowest BCUT2D eigenvalue weighted by Gasteiger charge is -2.38. The van der Waals surface area contributed by atoms with Crippen LogP contribution in [-0.4, -0.2) is 17.3 Å². The molecule has 0 spiro atoms. The highest BCUT2D eigenvalue weighted by Crippen LogP contribution is 2.66. The van der Waals surface area contributed by atoms with E-state index in [4.69, 9.17) is 4.74 Å². The molecular formula is C19H24O2S. The summed E-state index contributed by atoms with van der Waals surface area (Å²) < 4.78 is 6.04. The molecule has 0 saturated heterocycles. The van der Waals surface area contributed by atoms with Crippen molar-refractivity contribution in [1.82, 2.24) is 0 Å². The van der Waals surface area contributed by atoms with Gasteiger partial charge in [-0.1, -0.05) is 39.0 Å². The van der Waals surface area contributed by atoms with Crippen molar-refractivity contribution in [2.24, 2.45) is 16.7 Å². The van der Waals surface area contributed by atoms with E-state index < -0.39 is 0 Å². The number of hydrogen-bond acceptors (Lipinski definition) is 3. The monoisotopic (exact) mass is 316 g/mol. The molecule has 2 fully saturated rings. The number of hydrogen-bond donors (Lipinski definition) is 0. The van der Waals surface area contributed by atoms with Crippen molar-refractivity contribution in [3.05, 3.63) is 29.8 Å². The Labute approximate surface area is 137 Å². The van der Waals surface area contributed by atoms with Gasteiger partial charge in [0.05, 0.1) is 0 Å². The largest absolute Gasteiger partial charge is 0.461 e. The van der Waals surface area contributed by atoms with Gasteiger partial charge in [-0.25, -0.2) is 0 Å². The molecule has 2 bridgehead atoms. The van der Waals surface area contributed by atoms with E-state index in [1.807, 2.05) is 12.1 Å². The van der Waals surface area contributed by atoms with Crippen LogP contribution in [0.4, 0.5) is 0 Å². The van der Waals surface area contributed by atoms with E-state index in [2.05, 4.69) is 32.9 Å². The van der Waals surface area contributed by atoms with Crippen LogP contribution in [-0.2, 0) is 16.0 Å². The first-order valence-corrected chi connectivity index (χ1v) is 9.25. The Bertz CT molecular complexity index is 599. The van der Waals surface area contributed by atoms with E-state index in [1.54, 1.807) is 11.8 Å². The fourth-order valence-corrected chi connectivity index (χ4v) is 6.02. The highest BCUT2D eigenvalue weighted by atomic mass is 32.2. The number of benzene rings is 1. The summed E-state index contributed by atoms with van der Waals surface area (Å²) >= 11 is 1.67. The molecule has 0 N–H and O–H groups in total. The third kappa shape index (κ3) is 1.90. The van der Waals surface area contributed by atoms with Crippen molar-refractivity contribution in [2.75, 3.05) is 0 Å². The second kappa shape index (κ2) is 4.77. The maximum absolute atomic E-state index is 12.7. The summed E-state index contributed by atoms with van der Waals surface area (Å²) in [6.07, 6.45) is 4.47. The lowest BCUT2D eigenvalue weighted by Crippen LogP contribution is -2.39. The molecule has 2 saturated carbocycles. The van der Waals surface area contributed by atoms with Crippen LogP contribution < -0.4 is 0 Å². The molecule has 4 atom stereocenters. The maximum Gasteiger partial charge on any atom is 0.320 e. The van der Waals surface area contributed by atoms with Gasteiger partial charge in [0.1, 0.15) is 11.4 Å². The Morgan fingerprint density at radius 3 is 2.68 bits per heavy atom. The Balaban J connectivity index is 1.46. The molecule has 1 heterocycles. The number of ether oxygens (including phenoxy) is 1. The number of thioether (sulfide) groups is 1. The molecule has 1 aliphatic heterocycles. The zero-order chi connectivity index (χ0) is 15.5. The topological polar surface area (TPSA) is 26.3 Å². The Morgan fingerprint density at radius 1 is 1.27 bits per heavy atom. The van der Waals surface area contributed by atoms with Gasteiger partial charge in [-0.05, 0) is 48.6 Å². The Hall–Kier alpha value is -0.960. The summed E-state index contributed by atoms with van der Waals surface area (Å²) in [5.74, 6) is 0.708. The Kier molecular flexibility index (Phi) is 3.17. The first-order chi connectivity index (χ1) is 10.4. The number of carbonyl (C=O) groups excluding carboxylic acids is 1. The van der Waals surface area contributed by atoms with Crippen molar-refractivity contribution >= 4 is 17.7 Å². The van der Waals surface area contributed by atoms with Crippen molar-refractivity contribution in [3.63, 3.8) is 0 Å². The van der Waals surface area contributed by atoms with E-state index in [1.165, 1.54) is 23.3 Å². The van der Waals surface area contributed by atoms with Gasteiger partial charge < -0.3 is 4.74 Å². The van der Waals surface area contributed by atoms with E-state index in [9.17, 15) is 4.79 Å². The smallest absolute Gasteiger partial charge is 0.320 e. The molecule has 1 aromatic carbocycles. The van der Waals surface area contributed by atoms with E-state index >= 15 is 0 Å². The van der Waals surface area contributed by atoms with Crippen LogP contribution >= 0.6 is 11.8 Å². The minimum Gasteiger partial charge on any atom is -0.461 e. The molecule has 118 valence electrons. The average Bonchev–Trinajstić information content (AvgIpc) is 3.06. The van der Waals surface area contributed by atoms with E-state index in [-0.39, 0.29) is 22.7 Å². The molecule has 3 aliphatic rings. The summed E-state index contributed by atoms with van der Waals surface area (Å²) in [5, 5.41) is -0.0526. The van der Waals surface area contributed by atoms with Crippen LogP contribution in [0.5, 0.6) is 0 Å². The molecule has 2 unspecified atom stereocenters. The van der Waals surface area contributed by atoms with Gasteiger partial charge in [0.25, 0.3) is 0 Å². The maximum atomic E-state index is 12.7. The quantitative estimate of drug-likeness (QED) is 0.753. The summed E-state index contributed by atoms with van der Waals surface area (Å²) in [5.41, 5.74) is 1.74. The second-order valence-electron chi connectivity index (χ2n) is 7.95. The number of esters is 1. The van der Waals surface area contributed by atoms with Crippen LogP contribution in [0.3, 0.4) is 0 Å². The molecule has 3 heteroatoms. The van der Waals surface area contributed by atoms with Crippen LogP contribution in [0.25, 0.3) is 0 Å².